The van der Waals surface area contributed by atoms with Crippen LogP contribution in [0.25, 0.3) is 0 Å². The first kappa shape index (κ1) is 29.7. The van der Waals surface area contributed by atoms with E-state index in [-0.39, 0.29) is 23.4 Å². The van der Waals surface area contributed by atoms with Crippen LogP contribution in [0.1, 0.15) is 127 Å². The number of hydrogen-bond acceptors (Lipinski definition) is 4. The van der Waals surface area contributed by atoms with Gasteiger partial charge in [-0.15, -0.1) is 0 Å². The number of carbonyl (C=O) groups is 1. The summed E-state index contributed by atoms with van der Waals surface area (Å²) in [6.45, 7) is 2.77. The smallest absolute Gasteiger partial charge is 0.305 e. The summed E-state index contributed by atoms with van der Waals surface area (Å²) < 4.78 is 5.49. The molecule has 0 radical (unpaired) electrons. The molecule has 0 aliphatic carbocycles. The maximum Gasteiger partial charge on any atom is 0.305 e. The van der Waals surface area contributed by atoms with Gasteiger partial charge in [-0.2, -0.15) is 0 Å². The van der Waals surface area contributed by atoms with Gasteiger partial charge in [-0.25, -0.2) is 0 Å². The van der Waals surface area contributed by atoms with E-state index in [2.05, 4.69) is 6.92 Å². The highest BCUT2D eigenvalue weighted by Crippen LogP contribution is 2.31. The number of aromatic hydroxyl groups is 2. The van der Waals surface area contributed by atoms with Crippen LogP contribution in [0.5, 0.6) is 11.5 Å². The second kappa shape index (κ2) is 18.7. The number of hydrogen-bond donors (Lipinski definition) is 2. The van der Waals surface area contributed by atoms with Crippen molar-refractivity contribution in [3.63, 3.8) is 0 Å². The number of carbonyl (C=O) groups excluding carboxylic acids is 1. The lowest BCUT2D eigenvalue weighted by Crippen LogP contribution is -2.09. The van der Waals surface area contributed by atoms with E-state index in [1.807, 2.05) is 24.3 Å². The Morgan fingerprint density at radius 3 is 1.44 bits per heavy atom. The number of ether oxygens (including phenoxy) is 1. The van der Waals surface area contributed by atoms with Crippen LogP contribution in [-0.4, -0.2) is 22.8 Å². The summed E-state index contributed by atoms with van der Waals surface area (Å²) in [5, 5.41) is 19.2. The largest absolute Gasteiger partial charge is 0.508 e. The average Bonchev–Trinajstić information content (AvgIpc) is 2.88. The Kier molecular flexibility index (Phi) is 15.5. The number of rotatable bonds is 20. The molecular formula is C32H48O4. The quantitative estimate of drug-likeness (QED) is 0.142. The Balaban J connectivity index is 1.54. The van der Waals surface area contributed by atoms with Gasteiger partial charge in [-0.05, 0) is 48.2 Å². The molecule has 0 amide bonds. The first-order valence-electron chi connectivity index (χ1n) is 14.3. The molecule has 0 saturated heterocycles. The average molecular weight is 497 g/mol. The third-order valence-electron chi connectivity index (χ3n) is 6.99. The summed E-state index contributed by atoms with van der Waals surface area (Å²) in [4.78, 5) is 12.4. The Bertz CT molecular complexity index is 768. The van der Waals surface area contributed by atoms with Crippen molar-refractivity contribution in [2.75, 3.05) is 6.61 Å². The molecule has 0 fully saturated rings. The van der Waals surface area contributed by atoms with Gasteiger partial charge < -0.3 is 14.9 Å². The van der Waals surface area contributed by atoms with Gasteiger partial charge in [0.15, 0.2) is 0 Å². The molecule has 0 saturated carbocycles. The lowest BCUT2D eigenvalue weighted by Gasteiger charge is -2.18. The van der Waals surface area contributed by atoms with Crippen LogP contribution < -0.4 is 0 Å². The van der Waals surface area contributed by atoms with Gasteiger partial charge in [0.25, 0.3) is 0 Å². The fourth-order valence-corrected chi connectivity index (χ4v) is 4.76. The fraction of sp³-hybridized carbons (Fsp3) is 0.594. The summed E-state index contributed by atoms with van der Waals surface area (Å²) in [6.07, 6.45) is 19.3. The number of phenols is 2. The van der Waals surface area contributed by atoms with Gasteiger partial charge in [0.1, 0.15) is 11.5 Å². The predicted octanol–water partition coefficient (Wildman–Crippen LogP) is 9.03. The van der Waals surface area contributed by atoms with Crippen molar-refractivity contribution in [3.05, 3.63) is 59.7 Å². The zero-order valence-corrected chi connectivity index (χ0v) is 22.4. The minimum absolute atomic E-state index is 0.000178. The third-order valence-corrected chi connectivity index (χ3v) is 6.99. The summed E-state index contributed by atoms with van der Waals surface area (Å²) in [5.41, 5.74) is 2.05. The number of esters is 1. The van der Waals surface area contributed by atoms with Gasteiger partial charge in [0.2, 0.25) is 0 Å². The maximum atomic E-state index is 12.4. The van der Waals surface area contributed by atoms with E-state index in [0.29, 0.717) is 19.4 Å². The standard InChI is InChI=1S/C32H48O4/c1-2-3-4-5-6-7-8-9-10-11-12-13-14-15-26-36-32(35)25-24-31(27-16-20-29(33)21-17-27)28-18-22-30(34)23-19-28/h16-23,31,33-34H,2-15,24-26H2,1H3. The van der Waals surface area contributed by atoms with Gasteiger partial charge in [-0.3, -0.25) is 4.79 Å². The summed E-state index contributed by atoms with van der Waals surface area (Å²) in [6, 6.07) is 14.2. The molecule has 2 rings (SSSR count). The molecule has 0 aromatic heterocycles. The normalized spacial score (nSPS) is 11.2. The second-order valence-corrected chi connectivity index (χ2v) is 10.1. The molecule has 4 nitrogen and oxygen atoms in total. The summed E-state index contributed by atoms with van der Waals surface area (Å²) in [7, 11) is 0. The monoisotopic (exact) mass is 496 g/mol. The maximum absolute atomic E-state index is 12.4. The molecular weight excluding hydrogens is 448 g/mol. The van der Waals surface area contributed by atoms with Crippen molar-refractivity contribution in [1.29, 1.82) is 0 Å². The van der Waals surface area contributed by atoms with E-state index in [4.69, 9.17) is 4.74 Å². The van der Waals surface area contributed by atoms with Gasteiger partial charge in [0.05, 0.1) is 6.61 Å². The van der Waals surface area contributed by atoms with Crippen LogP contribution in [0.15, 0.2) is 48.5 Å². The van der Waals surface area contributed by atoms with Crippen LogP contribution in [0, 0.1) is 0 Å². The van der Waals surface area contributed by atoms with Crippen molar-refractivity contribution < 1.29 is 19.7 Å². The third kappa shape index (κ3) is 13.0. The minimum Gasteiger partial charge on any atom is -0.508 e. The molecule has 0 unspecified atom stereocenters. The van der Waals surface area contributed by atoms with Crippen molar-refractivity contribution in [1.82, 2.24) is 0 Å². The molecule has 0 bridgehead atoms. The molecule has 4 heteroatoms. The Morgan fingerprint density at radius 1 is 0.639 bits per heavy atom. The van der Waals surface area contributed by atoms with E-state index in [1.54, 1.807) is 24.3 Å². The van der Waals surface area contributed by atoms with Crippen LogP contribution >= 0.6 is 0 Å². The Hall–Kier alpha value is -2.49. The SMILES string of the molecule is CCCCCCCCCCCCCCCCOC(=O)CCC(c1ccc(O)cc1)c1ccc(O)cc1. The van der Waals surface area contributed by atoms with Crippen molar-refractivity contribution in [2.24, 2.45) is 0 Å². The first-order valence-corrected chi connectivity index (χ1v) is 14.3. The van der Waals surface area contributed by atoms with Crippen molar-refractivity contribution >= 4 is 5.97 Å². The molecule has 2 N–H and O–H groups in total. The van der Waals surface area contributed by atoms with Crippen molar-refractivity contribution in [3.8, 4) is 11.5 Å². The molecule has 0 aliphatic rings. The van der Waals surface area contributed by atoms with Crippen LogP contribution in [0.3, 0.4) is 0 Å². The predicted molar refractivity (Wildman–Crippen MR) is 149 cm³/mol. The molecule has 0 spiro atoms. The lowest BCUT2D eigenvalue weighted by molar-refractivity contribution is -0.143. The Morgan fingerprint density at radius 2 is 1.03 bits per heavy atom. The van der Waals surface area contributed by atoms with Gasteiger partial charge in [-0.1, -0.05) is 115 Å². The fourth-order valence-electron chi connectivity index (χ4n) is 4.76. The van der Waals surface area contributed by atoms with Gasteiger partial charge >= 0.3 is 5.97 Å². The molecule has 36 heavy (non-hydrogen) atoms. The zero-order valence-electron chi connectivity index (χ0n) is 22.4. The van der Waals surface area contributed by atoms with Crippen molar-refractivity contribution in [2.45, 2.75) is 116 Å². The molecule has 200 valence electrons. The highest BCUT2D eigenvalue weighted by molar-refractivity contribution is 5.69. The highest BCUT2D eigenvalue weighted by atomic mass is 16.5. The molecule has 2 aromatic rings. The highest BCUT2D eigenvalue weighted by Gasteiger charge is 2.17. The van der Waals surface area contributed by atoms with Gasteiger partial charge in [0, 0.05) is 12.3 Å². The van der Waals surface area contributed by atoms with E-state index < -0.39 is 0 Å². The summed E-state index contributed by atoms with van der Waals surface area (Å²) >= 11 is 0. The second-order valence-electron chi connectivity index (χ2n) is 10.1. The van der Waals surface area contributed by atoms with E-state index >= 15 is 0 Å². The van der Waals surface area contributed by atoms with E-state index in [0.717, 1.165) is 24.0 Å². The zero-order chi connectivity index (χ0) is 25.8. The van der Waals surface area contributed by atoms with Crippen LogP contribution in [0.4, 0.5) is 0 Å². The van der Waals surface area contributed by atoms with E-state index in [9.17, 15) is 15.0 Å². The van der Waals surface area contributed by atoms with Crippen LogP contribution in [-0.2, 0) is 9.53 Å². The molecule has 2 aromatic carbocycles. The van der Waals surface area contributed by atoms with E-state index in [1.165, 1.54) is 77.0 Å². The first-order chi connectivity index (χ1) is 17.6. The minimum atomic E-state index is -0.160. The summed E-state index contributed by atoms with van der Waals surface area (Å²) in [5.74, 6) is 0.277. The molecule has 0 aliphatic heterocycles. The number of benzene rings is 2. The van der Waals surface area contributed by atoms with Crippen LogP contribution in [0.2, 0.25) is 0 Å². The number of unbranched alkanes of at least 4 members (excludes halogenated alkanes) is 13. The number of phenolic OH excluding ortho intramolecular Hbond substituents is 2. The molecule has 0 heterocycles. The molecule has 0 atom stereocenters. The topological polar surface area (TPSA) is 66.8 Å². The Labute approximate surface area is 219 Å². The lowest BCUT2D eigenvalue weighted by atomic mass is 9.87.